The van der Waals surface area contributed by atoms with Crippen LogP contribution < -0.4 is 0 Å². The predicted molar refractivity (Wildman–Crippen MR) is 94.3 cm³/mol. The van der Waals surface area contributed by atoms with Crippen LogP contribution in [0.4, 0.5) is 0 Å². The van der Waals surface area contributed by atoms with Crippen LogP contribution in [0.5, 0.6) is 0 Å². The molecule has 0 spiro atoms. The Morgan fingerprint density at radius 2 is 2.00 bits per heavy atom. The van der Waals surface area contributed by atoms with E-state index in [-0.39, 0.29) is 0 Å². The van der Waals surface area contributed by atoms with Crippen molar-refractivity contribution < 1.29 is 0 Å². The van der Waals surface area contributed by atoms with E-state index in [1.165, 1.54) is 53.5 Å². The molecule has 1 atom stereocenters. The highest BCUT2D eigenvalue weighted by Gasteiger charge is 2.20. The fourth-order valence-electron chi connectivity index (χ4n) is 3.03. The summed E-state index contributed by atoms with van der Waals surface area (Å²) in [6, 6.07) is 8.90. The van der Waals surface area contributed by atoms with Gasteiger partial charge in [-0.05, 0) is 42.0 Å². The van der Waals surface area contributed by atoms with E-state index in [2.05, 4.69) is 63.8 Å². The molecule has 0 saturated heterocycles. The molecular weight excluding hydrogens is 252 g/mol. The van der Waals surface area contributed by atoms with Gasteiger partial charge in [-0.3, -0.25) is 0 Å². The molecule has 1 aromatic carbocycles. The number of aryl methyl sites for hydroxylation is 1. The molecular formula is C21H28. The Bertz CT molecular complexity index is 557. The molecule has 0 aromatic heterocycles. The minimum Gasteiger partial charge on any atom is -0.0953 e. The van der Waals surface area contributed by atoms with E-state index in [1.54, 1.807) is 0 Å². The first-order chi connectivity index (χ1) is 10.2. The summed E-state index contributed by atoms with van der Waals surface area (Å²) in [5.41, 5.74) is 6.82. The predicted octanol–water partition coefficient (Wildman–Crippen LogP) is 6.48. The quantitative estimate of drug-likeness (QED) is 0.501. The second-order valence-electron chi connectivity index (χ2n) is 6.15. The van der Waals surface area contributed by atoms with E-state index >= 15 is 0 Å². The van der Waals surface area contributed by atoms with Crippen molar-refractivity contribution in [2.45, 2.75) is 52.9 Å². The Hall–Kier alpha value is -1.56. The van der Waals surface area contributed by atoms with Gasteiger partial charge >= 0.3 is 0 Å². The summed E-state index contributed by atoms with van der Waals surface area (Å²) in [5, 5.41) is 0. The average Bonchev–Trinajstić information content (AvgIpc) is 2.91. The van der Waals surface area contributed by atoms with Gasteiger partial charge in [-0.15, -0.1) is 0 Å². The number of rotatable bonds is 7. The lowest BCUT2D eigenvalue weighted by Crippen LogP contribution is -1.98. The Balaban J connectivity index is 2.25. The van der Waals surface area contributed by atoms with Gasteiger partial charge in [0.2, 0.25) is 0 Å². The van der Waals surface area contributed by atoms with Crippen molar-refractivity contribution in [3.8, 4) is 0 Å². The van der Waals surface area contributed by atoms with E-state index in [4.69, 9.17) is 0 Å². The molecule has 0 amide bonds. The van der Waals surface area contributed by atoms with Gasteiger partial charge in [0.05, 0.1) is 0 Å². The first-order valence-corrected chi connectivity index (χ1v) is 8.34. The Kier molecular flexibility index (Phi) is 5.61. The number of hydrogen-bond donors (Lipinski definition) is 0. The first-order valence-electron chi connectivity index (χ1n) is 8.34. The summed E-state index contributed by atoms with van der Waals surface area (Å²) in [5.74, 6) is 0.566. The van der Waals surface area contributed by atoms with E-state index in [9.17, 15) is 0 Å². The molecule has 0 nitrogen and oxygen atoms in total. The normalized spacial score (nSPS) is 17.6. The SMILES string of the molecule is C=C(CC)C1=CC(CCCCC)C(c2cccc(C)c2)=C1. The zero-order chi connectivity index (χ0) is 15.2. The zero-order valence-electron chi connectivity index (χ0n) is 13.8. The van der Waals surface area contributed by atoms with E-state index < -0.39 is 0 Å². The van der Waals surface area contributed by atoms with E-state index in [1.807, 2.05) is 0 Å². The Morgan fingerprint density at radius 3 is 2.67 bits per heavy atom. The topological polar surface area (TPSA) is 0 Å². The third kappa shape index (κ3) is 3.97. The molecule has 0 fully saturated rings. The van der Waals surface area contributed by atoms with Gasteiger partial charge in [-0.1, -0.05) is 81.7 Å². The molecule has 2 rings (SSSR count). The summed E-state index contributed by atoms with van der Waals surface area (Å²) in [6.07, 6.45) is 11.0. The average molecular weight is 280 g/mol. The zero-order valence-corrected chi connectivity index (χ0v) is 13.8. The lowest BCUT2D eigenvalue weighted by atomic mass is 9.90. The highest BCUT2D eigenvalue weighted by atomic mass is 14.2. The van der Waals surface area contributed by atoms with Crippen LogP contribution in [-0.4, -0.2) is 0 Å². The minimum absolute atomic E-state index is 0.566. The molecule has 0 aliphatic heterocycles. The van der Waals surface area contributed by atoms with Crippen molar-refractivity contribution >= 4 is 5.57 Å². The van der Waals surface area contributed by atoms with Crippen LogP contribution in [0, 0.1) is 12.8 Å². The van der Waals surface area contributed by atoms with Crippen LogP contribution in [0.25, 0.3) is 5.57 Å². The molecule has 0 heterocycles. The maximum absolute atomic E-state index is 4.22. The van der Waals surface area contributed by atoms with Gasteiger partial charge in [-0.2, -0.15) is 0 Å². The summed E-state index contributed by atoms with van der Waals surface area (Å²) in [7, 11) is 0. The molecule has 0 bridgehead atoms. The highest BCUT2D eigenvalue weighted by Crippen LogP contribution is 2.38. The van der Waals surface area contributed by atoms with Gasteiger partial charge < -0.3 is 0 Å². The molecule has 0 radical (unpaired) electrons. The van der Waals surface area contributed by atoms with Gasteiger partial charge in [0.1, 0.15) is 0 Å². The van der Waals surface area contributed by atoms with E-state index in [0.29, 0.717) is 5.92 Å². The molecule has 1 unspecified atom stereocenters. The molecule has 0 N–H and O–H groups in total. The second kappa shape index (κ2) is 7.45. The number of benzene rings is 1. The lowest BCUT2D eigenvalue weighted by Gasteiger charge is -2.14. The van der Waals surface area contributed by atoms with Gasteiger partial charge in [0.25, 0.3) is 0 Å². The monoisotopic (exact) mass is 280 g/mol. The van der Waals surface area contributed by atoms with Gasteiger partial charge in [0, 0.05) is 5.92 Å². The smallest absolute Gasteiger partial charge is 0.00332 e. The molecule has 1 aliphatic rings. The fraction of sp³-hybridized carbons (Fsp3) is 0.429. The van der Waals surface area contributed by atoms with Crippen molar-refractivity contribution in [2.75, 3.05) is 0 Å². The number of hydrogen-bond acceptors (Lipinski definition) is 0. The van der Waals surface area contributed by atoms with Gasteiger partial charge in [-0.25, -0.2) is 0 Å². The van der Waals surface area contributed by atoms with Crippen LogP contribution >= 0.6 is 0 Å². The third-order valence-corrected chi connectivity index (χ3v) is 4.40. The molecule has 1 aliphatic carbocycles. The van der Waals surface area contributed by atoms with Crippen LogP contribution in [0.15, 0.2) is 54.1 Å². The molecule has 0 heteroatoms. The van der Waals surface area contributed by atoms with Crippen LogP contribution in [0.2, 0.25) is 0 Å². The van der Waals surface area contributed by atoms with Gasteiger partial charge in [0.15, 0.2) is 0 Å². The summed E-state index contributed by atoms with van der Waals surface area (Å²) >= 11 is 0. The molecule has 1 aromatic rings. The summed E-state index contributed by atoms with van der Waals surface area (Å²) < 4.78 is 0. The largest absolute Gasteiger partial charge is 0.0953 e. The molecule has 21 heavy (non-hydrogen) atoms. The Morgan fingerprint density at radius 1 is 1.19 bits per heavy atom. The molecule has 0 saturated carbocycles. The summed E-state index contributed by atoms with van der Waals surface area (Å²) in [4.78, 5) is 0. The maximum atomic E-state index is 4.22. The van der Waals surface area contributed by atoms with Crippen molar-refractivity contribution in [1.82, 2.24) is 0 Å². The van der Waals surface area contributed by atoms with Crippen molar-refractivity contribution in [3.63, 3.8) is 0 Å². The lowest BCUT2D eigenvalue weighted by molar-refractivity contribution is 0.622. The van der Waals surface area contributed by atoms with Crippen molar-refractivity contribution in [1.29, 1.82) is 0 Å². The van der Waals surface area contributed by atoms with Crippen LogP contribution in [0.1, 0.15) is 57.1 Å². The third-order valence-electron chi connectivity index (χ3n) is 4.40. The number of allylic oxidation sites excluding steroid dienone is 5. The number of unbranched alkanes of at least 4 members (excludes halogenated alkanes) is 2. The first kappa shape index (κ1) is 15.8. The van der Waals surface area contributed by atoms with Crippen molar-refractivity contribution in [3.05, 3.63) is 65.3 Å². The maximum Gasteiger partial charge on any atom is 0.00332 e. The summed E-state index contributed by atoms with van der Waals surface area (Å²) in [6.45, 7) is 10.8. The highest BCUT2D eigenvalue weighted by molar-refractivity contribution is 5.77. The second-order valence-corrected chi connectivity index (χ2v) is 6.15. The van der Waals surface area contributed by atoms with Crippen molar-refractivity contribution in [2.24, 2.45) is 5.92 Å². The Labute approximate surface area is 130 Å². The van der Waals surface area contributed by atoms with Crippen LogP contribution in [0.3, 0.4) is 0 Å². The fourth-order valence-corrected chi connectivity index (χ4v) is 3.03. The molecule has 112 valence electrons. The van der Waals surface area contributed by atoms with E-state index in [0.717, 1.165) is 6.42 Å². The standard InChI is InChI=1S/C21H28/c1-5-7-8-11-19-14-20(17(4)6-2)15-21(19)18-12-9-10-16(3)13-18/h9-10,12-15,19H,4-8,11H2,1-3H3. The minimum atomic E-state index is 0.566. The van der Waals surface area contributed by atoms with Crippen LogP contribution in [-0.2, 0) is 0 Å².